The molecule has 106 valence electrons. The average Bonchev–Trinajstić information content (AvgIpc) is 2.63. The molecule has 20 heavy (non-hydrogen) atoms. The zero-order valence-electron chi connectivity index (χ0n) is 11.8. The number of fused-ring (bicyclic) bond motifs is 1. The van der Waals surface area contributed by atoms with E-state index in [1.165, 1.54) is 6.92 Å². The predicted molar refractivity (Wildman–Crippen MR) is 72.5 cm³/mol. The third kappa shape index (κ3) is 2.34. The van der Waals surface area contributed by atoms with E-state index in [9.17, 15) is 9.59 Å². The van der Waals surface area contributed by atoms with Gasteiger partial charge < -0.3 is 10.4 Å². The number of aryl methyl sites for hydroxylation is 3. The molecule has 0 aromatic carbocycles. The molecule has 0 spiro atoms. The molecule has 0 fully saturated rings. The van der Waals surface area contributed by atoms with E-state index in [4.69, 9.17) is 5.11 Å². The summed E-state index contributed by atoms with van der Waals surface area (Å²) in [4.78, 5) is 27.4. The molecule has 2 rings (SSSR count). The van der Waals surface area contributed by atoms with Gasteiger partial charge >= 0.3 is 5.97 Å². The zero-order valence-corrected chi connectivity index (χ0v) is 11.8. The molecular formula is C13H16N4O3. The van der Waals surface area contributed by atoms with Gasteiger partial charge in [0.1, 0.15) is 6.04 Å². The van der Waals surface area contributed by atoms with Crippen molar-refractivity contribution in [2.24, 2.45) is 7.05 Å². The molecule has 0 aliphatic carbocycles. The molecule has 2 aromatic heterocycles. The van der Waals surface area contributed by atoms with Crippen LogP contribution in [-0.2, 0) is 11.8 Å². The lowest BCUT2D eigenvalue weighted by atomic mass is 10.1. The summed E-state index contributed by atoms with van der Waals surface area (Å²) < 4.78 is 1.61. The van der Waals surface area contributed by atoms with E-state index in [1.54, 1.807) is 31.6 Å². The van der Waals surface area contributed by atoms with Gasteiger partial charge in [0.2, 0.25) is 0 Å². The molecule has 2 N–H and O–H groups in total. The molecule has 0 saturated carbocycles. The van der Waals surface area contributed by atoms with Crippen LogP contribution in [0.25, 0.3) is 11.0 Å². The highest BCUT2D eigenvalue weighted by atomic mass is 16.4. The zero-order chi connectivity index (χ0) is 15.0. The van der Waals surface area contributed by atoms with Gasteiger partial charge in [-0.15, -0.1) is 0 Å². The number of hydrogen-bond donors (Lipinski definition) is 2. The Labute approximate surface area is 115 Å². The van der Waals surface area contributed by atoms with Gasteiger partial charge in [-0.3, -0.25) is 14.3 Å². The molecule has 0 aliphatic rings. The van der Waals surface area contributed by atoms with E-state index in [1.807, 2.05) is 0 Å². The van der Waals surface area contributed by atoms with Gasteiger partial charge in [-0.2, -0.15) is 5.10 Å². The number of aliphatic carboxylic acids is 1. The highest BCUT2D eigenvalue weighted by Crippen LogP contribution is 2.21. The van der Waals surface area contributed by atoms with E-state index in [2.05, 4.69) is 15.4 Å². The Hall–Kier alpha value is -2.44. The fraction of sp³-hybridized carbons (Fsp3) is 0.385. The molecule has 2 heterocycles. The van der Waals surface area contributed by atoms with Crippen LogP contribution in [0.2, 0.25) is 0 Å². The Morgan fingerprint density at radius 2 is 2.05 bits per heavy atom. The van der Waals surface area contributed by atoms with Crippen molar-refractivity contribution in [3.63, 3.8) is 0 Å². The molecule has 0 radical (unpaired) electrons. The number of carbonyl (C=O) groups is 2. The smallest absolute Gasteiger partial charge is 0.325 e. The first kappa shape index (κ1) is 14.0. The van der Waals surface area contributed by atoms with Crippen molar-refractivity contribution in [2.45, 2.75) is 26.8 Å². The minimum atomic E-state index is -1.08. The van der Waals surface area contributed by atoms with E-state index in [0.29, 0.717) is 28.0 Å². The maximum atomic E-state index is 12.2. The number of aromatic nitrogens is 3. The van der Waals surface area contributed by atoms with Gasteiger partial charge in [-0.25, -0.2) is 4.98 Å². The quantitative estimate of drug-likeness (QED) is 0.863. The monoisotopic (exact) mass is 276 g/mol. The first-order valence-electron chi connectivity index (χ1n) is 6.16. The van der Waals surface area contributed by atoms with Crippen molar-refractivity contribution in [2.75, 3.05) is 0 Å². The highest BCUT2D eigenvalue weighted by molar-refractivity contribution is 6.07. The van der Waals surface area contributed by atoms with Crippen LogP contribution in [0.1, 0.15) is 28.7 Å². The van der Waals surface area contributed by atoms with E-state index in [-0.39, 0.29) is 0 Å². The summed E-state index contributed by atoms with van der Waals surface area (Å²) in [7, 11) is 1.75. The highest BCUT2D eigenvalue weighted by Gasteiger charge is 2.20. The predicted octanol–water partition coefficient (Wildman–Crippen LogP) is 0.788. The Morgan fingerprint density at radius 3 is 2.65 bits per heavy atom. The number of pyridine rings is 1. The Kier molecular flexibility index (Phi) is 3.44. The van der Waals surface area contributed by atoms with Crippen molar-refractivity contribution >= 4 is 22.9 Å². The fourth-order valence-corrected chi connectivity index (χ4v) is 2.09. The Morgan fingerprint density at radius 1 is 1.40 bits per heavy atom. The van der Waals surface area contributed by atoms with Crippen LogP contribution >= 0.6 is 0 Å². The number of nitrogens with zero attached hydrogens (tertiary/aromatic N) is 3. The van der Waals surface area contributed by atoms with Gasteiger partial charge in [0.25, 0.3) is 5.91 Å². The van der Waals surface area contributed by atoms with Crippen LogP contribution in [-0.4, -0.2) is 37.8 Å². The van der Waals surface area contributed by atoms with E-state index in [0.717, 1.165) is 0 Å². The number of carboxylic acids is 1. The summed E-state index contributed by atoms with van der Waals surface area (Å²) in [6, 6.07) is 0.684. The second-order valence-corrected chi connectivity index (χ2v) is 4.75. The van der Waals surface area contributed by atoms with Crippen molar-refractivity contribution in [1.29, 1.82) is 0 Å². The molecule has 7 heteroatoms. The van der Waals surface area contributed by atoms with Crippen LogP contribution in [0, 0.1) is 13.8 Å². The van der Waals surface area contributed by atoms with Gasteiger partial charge in [0.15, 0.2) is 5.65 Å². The summed E-state index contributed by atoms with van der Waals surface area (Å²) >= 11 is 0. The molecular weight excluding hydrogens is 260 g/mol. The molecule has 0 aliphatic heterocycles. The molecule has 0 bridgehead atoms. The maximum Gasteiger partial charge on any atom is 0.325 e. The summed E-state index contributed by atoms with van der Waals surface area (Å²) in [5.41, 5.74) is 2.36. The number of nitrogens with one attached hydrogen (secondary N) is 1. The van der Waals surface area contributed by atoms with Crippen molar-refractivity contribution < 1.29 is 14.7 Å². The standard InChI is InChI=1S/C13H16N4O3/c1-6-5-9(12(18)15-8(3)13(19)20)10-7(2)16-17(4)11(10)14-6/h5,8H,1-4H3,(H,15,18)(H,19,20). The second kappa shape index (κ2) is 4.92. The minimum absolute atomic E-state index is 0.395. The van der Waals surface area contributed by atoms with Crippen LogP contribution < -0.4 is 5.32 Å². The number of rotatable bonds is 3. The summed E-state index contributed by atoms with van der Waals surface area (Å²) in [5.74, 6) is -1.52. The average molecular weight is 276 g/mol. The first-order valence-corrected chi connectivity index (χ1v) is 6.16. The summed E-state index contributed by atoms with van der Waals surface area (Å²) in [6.07, 6.45) is 0. The molecule has 7 nitrogen and oxygen atoms in total. The van der Waals surface area contributed by atoms with Crippen molar-refractivity contribution in [3.05, 3.63) is 23.0 Å². The van der Waals surface area contributed by atoms with Crippen LogP contribution in [0.4, 0.5) is 0 Å². The first-order chi connectivity index (χ1) is 9.31. The number of hydrogen-bond acceptors (Lipinski definition) is 4. The third-order valence-corrected chi connectivity index (χ3v) is 3.06. The third-order valence-electron chi connectivity index (χ3n) is 3.06. The number of carbonyl (C=O) groups excluding carboxylic acids is 1. The maximum absolute atomic E-state index is 12.2. The van der Waals surface area contributed by atoms with Crippen molar-refractivity contribution in [1.82, 2.24) is 20.1 Å². The molecule has 1 atom stereocenters. The molecule has 1 unspecified atom stereocenters. The molecule has 1 amide bonds. The summed E-state index contributed by atoms with van der Waals surface area (Å²) in [5, 5.41) is 16.2. The minimum Gasteiger partial charge on any atom is -0.480 e. The summed E-state index contributed by atoms with van der Waals surface area (Å²) in [6.45, 7) is 4.98. The van der Waals surface area contributed by atoms with Crippen LogP contribution in [0.3, 0.4) is 0 Å². The number of carboxylic acid groups (broad SMARTS) is 1. The number of amides is 1. The van der Waals surface area contributed by atoms with Gasteiger partial charge in [0.05, 0.1) is 16.6 Å². The SMILES string of the molecule is Cc1cc(C(=O)NC(C)C(=O)O)c2c(C)nn(C)c2n1. The van der Waals surface area contributed by atoms with Crippen LogP contribution in [0.5, 0.6) is 0 Å². The topological polar surface area (TPSA) is 97.1 Å². The normalized spacial score (nSPS) is 12.4. The van der Waals surface area contributed by atoms with Crippen molar-refractivity contribution in [3.8, 4) is 0 Å². The van der Waals surface area contributed by atoms with E-state index < -0.39 is 17.9 Å². The molecule has 2 aromatic rings. The lowest BCUT2D eigenvalue weighted by molar-refractivity contribution is -0.138. The van der Waals surface area contributed by atoms with Gasteiger partial charge in [0, 0.05) is 12.7 Å². The van der Waals surface area contributed by atoms with E-state index >= 15 is 0 Å². The van der Waals surface area contributed by atoms with Gasteiger partial charge in [-0.05, 0) is 26.8 Å². The fourth-order valence-electron chi connectivity index (χ4n) is 2.09. The Bertz CT molecular complexity index is 705. The lowest BCUT2D eigenvalue weighted by Gasteiger charge is -2.10. The lowest BCUT2D eigenvalue weighted by Crippen LogP contribution is -2.38. The molecule has 0 saturated heterocycles. The second-order valence-electron chi connectivity index (χ2n) is 4.75. The van der Waals surface area contributed by atoms with Crippen LogP contribution in [0.15, 0.2) is 6.07 Å². The largest absolute Gasteiger partial charge is 0.480 e. The van der Waals surface area contributed by atoms with Gasteiger partial charge in [-0.1, -0.05) is 0 Å². The Balaban J connectivity index is 2.53.